The van der Waals surface area contributed by atoms with Crippen molar-refractivity contribution in [2.24, 2.45) is 0 Å². The first-order valence-corrected chi connectivity index (χ1v) is 6.25. The van der Waals surface area contributed by atoms with Crippen molar-refractivity contribution in [1.29, 1.82) is 0 Å². The van der Waals surface area contributed by atoms with Gasteiger partial charge < -0.3 is 25.5 Å². The molecule has 9 heteroatoms. The van der Waals surface area contributed by atoms with E-state index in [1.54, 1.807) is 0 Å². The summed E-state index contributed by atoms with van der Waals surface area (Å²) in [7, 11) is -3.98. The largest absolute Gasteiger partial charge is 0.387 e. The lowest BCUT2D eigenvalue weighted by Gasteiger charge is -2.40. The Morgan fingerprint density at radius 3 is 1.44 bits per heavy atom. The zero-order chi connectivity index (χ0) is 12.7. The molecule has 0 amide bonds. The van der Waals surface area contributed by atoms with Gasteiger partial charge in [0.25, 0.3) is 10.1 Å². The molecule has 0 aromatic heterocycles. The van der Waals surface area contributed by atoms with E-state index < -0.39 is 46.7 Å². The number of aliphatic hydroxyl groups is 5. The fraction of sp³-hybridized carbons (Fsp3) is 1.00. The van der Waals surface area contributed by atoms with E-state index in [1.807, 2.05) is 0 Å². The summed E-state index contributed by atoms with van der Waals surface area (Å²) in [5.74, 6) is 0. The fourth-order valence-corrected chi connectivity index (χ4v) is 2.14. The lowest BCUT2D eigenvalue weighted by atomic mass is 9.85. The molecule has 8 nitrogen and oxygen atoms in total. The molecule has 6 atom stereocenters. The Hall–Kier alpha value is -0.290. The maximum absolute atomic E-state index is 10.8. The van der Waals surface area contributed by atoms with Gasteiger partial charge in [-0.2, -0.15) is 8.42 Å². The van der Waals surface area contributed by atoms with Gasteiger partial charge in [0.1, 0.15) is 36.6 Å². The Balaban J connectivity index is 2.91. The molecule has 5 N–H and O–H groups in total. The number of rotatable bonds is 2. The number of aliphatic hydroxyl groups excluding tert-OH is 5. The van der Waals surface area contributed by atoms with Crippen LogP contribution in [0.3, 0.4) is 0 Å². The molecule has 0 aromatic carbocycles. The molecule has 1 aliphatic rings. The first-order valence-electron chi connectivity index (χ1n) is 4.43. The van der Waals surface area contributed by atoms with Crippen molar-refractivity contribution in [3.8, 4) is 0 Å². The third-order valence-electron chi connectivity index (χ3n) is 2.36. The van der Waals surface area contributed by atoms with Crippen LogP contribution >= 0.6 is 0 Å². The molecule has 96 valence electrons. The Labute approximate surface area is 91.8 Å². The highest BCUT2D eigenvalue weighted by Gasteiger charge is 2.50. The van der Waals surface area contributed by atoms with Crippen molar-refractivity contribution in [1.82, 2.24) is 0 Å². The van der Waals surface area contributed by atoms with E-state index in [0.29, 0.717) is 6.26 Å². The Bertz CT molecular complexity index is 324. The molecule has 0 spiro atoms. The zero-order valence-corrected chi connectivity index (χ0v) is 9.15. The predicted molar refractivity (Wildman–Crippen MR) is 49.8 cm³/mol. The van der Waals surface area contributed by atoms with Crippen molar-refractivity contribution in [3.05, 3.63) is 0 Å². The summed E-state index contributed by atoms with van der Waals surface area (Å²) in [6.07, 6.45) is -10.0. The molecule has 16 heavy (non-hydrogen) atoms. The van der Waals surface area contributed by atoms with Crippen molar-refractivity contribution < 1.29 is 38.1 Å². The van der Waals surface area contributed by atoms with Gasteiger partial charge in [0.2, 0.25) is 0 Å². The summed E-state index contributed by atoms with van der Waals surface area (Å²) < 4.78 is 26.0. The van der Waals surface area contributed by atoms with Crippen LogP contribution < -0.4 is 0 Å². The molecular weight excluding hydrogens is 244 g/mol. The van der Waals surface area contributed by atoms with Gasteiger partial charge in [-0.25, -0.2) is 0 Å². The van der Waals surface area contributed by atoms with Gasteiger partial charge in [-0.05, 0) is 0 Å². The second-order valence-corrected chi connectivity index (χ2v) is 5.32. The van der Waals surface area contributed by atoms with Gasteiger partial charge in [-0.1, -0.05) is 0 Å². The summed E-state index contributed by atoms with van der Waals surface area (Å²) in [4.78, 5) is 0. The van der Waals surface area contributed by atoms with Crippen LogP contribution in [0.4, 0.5) is 0 Å². The van der Waals surface area contributed by atoms with Gasteiger partial charge in [-0.15, -0.1) is 0 Å². The van der Waals surface area contributed by atoms with Crippen molar-refractivity contribution >= 4 is 10.1 Å². The van der Waals surface area contributed by atoms with Crippen LogP contribution in [-0.2, 0) is 14.3 Å². The second kappa shape index (κ2) is 4.53. The van der Waals surface area contributed by atoms with Crippen LogP contribution in [-0.4, -0.2) is 76.8 Å². The monoisotopic (exact) mass is 258 g/mol. The minimum absolute atomic E-state index is 0.691. The summed E-state index contributed by atoms with van der Waals surface area (Å²) in [6, 6.07) is 0. The number of hydrogen-bond donors (Lipinski definition) is 5. The van der Waals surface area contributed by atoms with Crippen LogP contribution in [0.2, 0.25) is 0 Å². The topological polar surface area (TPSA) is 145 Å². The molecule has 0 unspecified atom stereocenters. The molecule has 0 radical (unpaired) electrons. The molecule has 1 aliphatic carbocycles. The Morgan fingerprint density at radius 1 is 0.812 bits per heavy atom. The summed E-state index contributed by atoms with van der Waals surface area (Å²) in [6.45, 7) is 0. The van der Waals surface area contributed by atoms with Gasteiger partial charge in [0.05, 0.1) is 6.26 Å². The number of hydrogen-bond acceptors (Lipinski definition) is 8. The van der Waals surface area contributed by atoms with Gasteiger partial charge >= 0.3 is 0 Å². The SMILES string of the molecule is CS(=O)(=O)O[C@@H]1[C@H](O)[C@@H](O)[C@H](O)[C@@H](O)[C@@H]1O. The minimum Gasteiger partial charge on any atom is -0.387 e. The average molecular weight is 258 g/mol. The minimum atomic E-state index is -3.98. The van der Waals surface area contributed by atoms with E-state index in [4.69, 9.17) is 0 Å². The molecular formula is C7H14O8S. The molecule has 1 saturated carbocycles. The Kier molecular flexibility index (Phi) is 3.90. The molecule has 1 rings (SSSR count). The predicted octanol–water partition coefficient (Wildman–Crippen LogP) is -3.85. The van der Waals surface area contributed by atoms with Crippen LogP contribution in [0.1, 0.15) is 0 Å². The maximum atomic E-state index is 10.8. The van der Waals surface area contributed by atoms with E-state index in [0.717, 1.165) is 0 Å². The van der Waals surface area contributed by atoms with Crippen molar-refractivity contribution in [3.63, 3.8) is 0 Å². The molecule has 0 saturated heterocycles. The molecule has 0 aromatic rings. The first kappa shape index (κ1) is 13.8. The van der Waals surface area contributed by atoms with Crippen molar-refractivity contribution in [2.75, 3.05) is 6.26 Å². The highest BCUT2D eigenvalue weighted by Crippen LogP contribution is 2.24. The molecule has 0 aliphatic heterocycles. The third kappa shape index (κ3) is 2.69. The lowest BCUT2D eigenvalue weighted by molar-refractivity contribution is -0.216. The quantitative estimate of drug-likeness (QED) is 0.317. The van der Waals surface area contributed by atoms with E-state index in [-0.39, 0.29) is 0 Å². The van der Waals surface area contributed by atoms with Crippen LogP contribution in [0.5, 0.6) is 0 Å². The summed E-state index contributed by atoms with van der Waals surface area (Å²) in [5.41, 5.74) is 0. The van der Waals surface area contributed by atoms with Crippen LogP contribution in [0.15, 0.2) is 0 Å². The van der Waals surface area contributed by atoms with Crippen LogP contribution in [0.25, 0.3) is 0 Å². The van der Waals surface area contributed by atoms with E-state index in [9.17, 15) is 34.0 Å². The molecule has 0 bridgehead atoms. The standard InChI is InChI=1S/C7H14O8S/c1-16(13,14)15-7-5(11)3(9)2(8)4(10)6(7)12/h2-12H,1H3/t2-,3-,4+,5+,6-,7+. The normalized spacial score (nSPS) is 45.6. The second-order valence-electron chi connectivity index (χ2n) is 3.72. The van der Waals surface area contributed by atoms with E-state index >= 15 is 0 Å². The molecule has 0 heterocycles. The van der Waals surface area contributed by atoms with E-state index in [1.165, 1.54) is 0 Å². The van der Waals surface area contributed by atoms with Gasteiger partial charge in [-0.3, -0.25) is 4.18 Å². The smallest absolute Gasteiger partial charge is 0.264 e. The first-order chi connectivity index (χ1) is 7.15. The lowest BCUT2D eigenvalue weighted by Crippen LogP contribution is -2.64. The average Bonchev–Trinajstić information content (AvgIpc) is 2.17. The van der Waals surface area contributed by atoms with Gasteiger partial charge in [0, 0.05) is 0 Å². The third-order valence-corrected chi connectivity index (χ3v) is 2.93. The van der Waals surface area contributed by atoms with E-state index in [2.05, 4.69) is 4.18 Å². The van der Waals surface area contributed by atoms with Crippen LogP contribution in [0, 0.1) is 0 Å². The van der Waals surface area contributed by atoms with Crippen molar-refractivity contribution in [2.45, 2.75) is 36.6 Å². The highest BCUT2D eigenvalue weighted by molar-refractivity contribution is 7.86. The highest BCUT2D eigenvalue weighted by atomic mass is 32.2. The Morgan fingerprint density at radius 2 is 1.12 bits per heavy atom. The van der Waals surface area contributed by atoms with Gasteiger partial charge in [0.15, 0.2) is 0 Å². The zero-order valence-electron chi connectivity index (χ0n) is 8.33. The maximum Gasteiger partial charge on any atom is 0.264 e. The fourth-order valence-electron chi connectivity index (χ4n) is 1.51. The summed E-state index contributed by atoms with van der Waals surface area (Å²) >= 11 is 0. The molecule has 1 fully saturated rings. The summed E-state index contributed by atoms with van der Waals surface area (Å²) in [5, 5.41) is 46.5.